The van der Waals surface area contributed by atoms with Crippen LogP contribution in [-0.4, -0.2) is 20.7 Å². The predicted octanol–water partition coefficient (Wildman–Crippen LogP) is 6.55. The maximum Gasteiger partial charge on any atom is 0.228 e. The number of hydrogen-bond donors (Lipinski definition) is 1. The maximum absolute atomic E-state index is 13.0. The molecule has 1 fully saturated rings. The number of nitrogens with one attached hydrogen (secondary N) is 1. The molecule has 0 unspecified atom stereocenters. The molecule has 1 aliphatic rings. The fourth-order valence-corrected chi connectivity index (χ4v) is 5.18. The molecule has 2 heterocycles. The van der Waals surface area contributed by atoms with Gasteiger partial charge in [-0.3, -0.25) is 4.79 Å². The van der Waals surface area contributed by atoms with E-state index < -0.39 is 0 Å². The van der Waals surface area contributed by atoms with Crippen LogP contribution in [0, 0.1) is 25.7 Å². The van der Waals surface area contributed by atoms with Crippen LogP contribution in [0.25, 0.3) is 16.4 Å². The summed E-state index contributed by atoms with van der Waals surface area (Å²) in [6.45, 7) is 6.27. The van der Waals surface area contributed by atoms with Crippen molar-refractivity contribution in [2.24, 2.45) is 11.8 Å². The van der Waals surface area contributed by atoms with E-state index in [0.29, 0.717) is 5.82 Å². The fourth-order valence-electron chi connectivity index (χ4n) is 4.39. The molecule has 4 rings (SSSR count). The number of hydrogen-bond acceptors (Lipinski definition) is 4. The molecule has 0 saturated heterocycles. The lowest BCUT2D eigenvalue weighted by Crippen LogP contribution is -2.28. The molecule has 1 aliphatic carbocycles. The van der Waals surface area contributed by atoms with Crippen molar-refractivity contribution in [2.45, 2.75) is 65.7 Å². The molecular formula is C25H32N4OS. The number of rotatable bonds is 7. The van der Waals surface area contributed by atoms with Crippen LogP contribution in [-0.2, 0) is 4.79 Å². The third kappa shape index (κ3) is 5.24. The number of thiazole rings is 1. The van der Waals surface area contributed by atoms with Gasteiger partial charge in [0.25, 0.3) is 0 Å². The highest BCUT2D eigenvalue weighted by Crippen LogP contribution is 2.33. The Morgan fingerprint density at radius 1 is 1.16 bits per heavy atom. The molecule has 1 N–H and O–H groups in total. The molecule has 31 heavy (non-hydrogen) atoms. The molecule has 1 aromatic carbocycles. The monoisotopic (exact) mass is 436 g/mol. The van der Waals surface area contributed by atoms with Gasteiger partial charge in [0.2, 0.25) is 11.0 Å². The molecule has 3 aromatic rings. The maximum atomic E-state index is 13.0. The van der Waals surface area contributed by atoms with Crippen LogP contribution in [0.1, 0.15) is 63.1 Å². The first-order valence-corrected chi connectivity index (χ1v) is 12.3. The van der Waals surface area contributed by atoms with Gasteiger partial charge in [-0.25, -0.2) is 4.98 Å². The number of aryl methyl sites for hydroxylation is 2. The average Bonchev–Trinajstić information content (AvgIpc) is 3.40. The van der Waals surface area contributed by atoms with Gasteiger partial charge in [0, 0.05) is 22.9 Å². The van der Waals surface area contributed by atoms with E-state index in [2.05, 4.69) is 48.5 Å². The summed E-state index contributed by atoms with van der Waals surface area (Å²) in [6.07, 6.45) is 8.19. The fraction of sp³-hybridized carbons (Fsp3) is 0.480. The molecular weight excluding hydrogens is 404 g/mol. The van der Waals surface area contributed by atoms with Crippen molar-refractivity contribution in [1.29, 1.82) is 0 Å². The standard InChI is InChI=1S/C25H32N4OS/c1-4-5-6-19-9-13-21(14-10-19)24(30)27-23-15-18(3)28-29(23)25-26-22(16-31-25)20-11-7-17(2)8-12-20/h7-8,11-12,15-16,19,21H,4-6,9-10,13-14H2,1-3H3,(H,27,30). The molecule has 2 aromatic heterocycles. The summed E-state index contributed by atoms with van der Waals surface area (Å²) in [6, 6.07) is 10.3. The Bertz CT molecular complexity index is 1010. The molecule has 0 aliphatic heterocycles. The van der Waals surface area contributed by atoms with Crippen LogP contribution in [0.4, 0.5) is 5.82 Å². The third-order valence-electron chi connectivity index (χ3n) is 6.29. The van der Waals surface area contributed by atoms with Gasteiger partial charge in [-0.1, -0.05) is 56.0 Å². The highest BCUT2D eigenvalue weighted by atomic mass is 32.1. The van der Waals surface area contributed by atoms with Crippen LogP contribution in [0.15, 0.2) is 35.7 Å². The lowest BCUT2D eigenvalue weighted by molar-refractivity contribution is -0.121. The minimum atomic E-state index is 0.0981. The van der Waals surface area contributed by atoms with Gasteiger partial charge in [-0.2, -0.15) is 9.78 Å². The van der Waals surface area contributed by atoms with Gasteiger partial charge in [0.15, 0.2) is 0 Å². The van der Waals surface area contributed by atoms with Crippen LogP contribution < -0.4 is 5.32 Å². The van der Waals surface area contributed by atoms with Crippen molar-refractivity contribution in [3.8, 4) is 16.4 Å². The summed E-state index contributed by atoms with van der Waals surface area (Å²) in [7, 11) is 0. The number of aromatic nitrogens is 3. The molecule has 0 radical (unpaired) electrons. The van der Waals surface area contributed by atoms with E-state index in [1.807, 2.05) is 18.4 Å². The highest BCUT2D eigenvalue weighted by molar-refractivity contribution is 7.12. The third-order valence-corrected chi connectivity index (χ3v) is 7.10. The zero-order valence-corrected chi connectivity index (χ0v) is 19.5. The number of anilines is 1. The first-order valence-electron chi connectivity index (χ1n) is 11.4. The molecule has 0 bridgehead atoms. The van der Waals surface area contributed by atoms with E-state index in [0.717, 1.165) is 40.8 Å². The molecule has 0 spiro atoms. The van der Waals surface area contributed by atoms with Crippen LogP contribution in [0.5, 0.6) is 0 Å². The molecule has 5 nitrogen and oxygen atoms in total. The number of nitrogens with zero attached hydrogens (tertiary/aromatic N) is 3. The lowest BCUT2D eigenvalue weighted by atomic mass is 9.79. The molecule has 6 heteroatoms. The number of amides is 1. The number of unbranched alkanes of at least 4 members (excludes halogenated alkanes) is 1. The second kappa shape index (κ2) is 9.77. The smallest absolute Gasteiger partial charge is 0.228 e. The Labute approximate surface area is 188 Å². The Morgan fingerprint density at radius 3 is 2.61 bits per heavy atom. The van der Waals surface area contributed by atoms with Crippen molar-refractivity contribution in [3.05, 3.63) is 47.0 Å². The average molecular weight is 437 g/mol. The second-order valence-corrected chi connectivity index (χ2v) is 9.65. The quantitative estimate of drug-likeness (QED) is 0.457. The van der Waals surface area contributed by atoms with Gasteiger partial charge in [0.05, 0.1) is 11.4 Å². The Balaban J connectivity index is 1.45. The van der Waals surface area contributed by atoms with Crippen molar-refractivity contribution in [3.63, 3.8) is 0 Å². The van der Waals surface area contributed by atoms with E-state index in [1.165, 1.54) is 49.0 Å². The Kier molecular flexibility index (Phi) is 6.86. The summed E-state index contributed by atoms with van der Waals surface area (Å²) in [5.41, 5.74) is 4.11. The summed E-state index contributed by atoms with van der Waals surface area (Å²) in [5, 5.41) is 10.5. The Hall–Kier alpha value is -2.47. The normalized spacial score (nSPS) is 18.8. The number of benzene rings is 1. The number of carbonyl (C=O) groups is 1. The van der Waals surface area contributed by atoms with Crippen molar-refractivity contribution in [2.75, 3.05) is 5.32 Å². The number of carbonyl (C=O) groups excluding carboxylic acids is 1. The van der Waals surface area contributed by atoms with Gasteiger partial charge < -0.3 is 5.32 Å². The molecule has 0 atom stereocenters. The highest BCUT2D eigenvalue weighted by Gasteiger charge is 2.27. The largest absolute Gasteiger partial charge is 0.310 e. The second-order valence-electron chi connectivity index (χ2n) is 8.81. The van der Waals surface area contributed by atoms with Gasteiger partial charge in [-0.15, -0.1) is 11.3 Å². The molecule has 164 valence electrons. The summed E-state index contributed by atoms with van der Waals surface area (Å²) < 4.78 is 1.77. The zero-order valence-electron chi connectivity index (χ0n) is 18.7. The van der Waals surface area contributed by atoms with E-state index >= 15 is 0 Å². The van der Waals surface area contributed by atoms with Crippen molar-refractivity contribution < 1.29 is 4.79 Å². The first-order chi connectivity index (χ1) is 15.0. The SMILES string of the molecule is CCCCC1CCC(C(=O)Nc2cc(C)nn2-c2nc(-c3ccc(C)cc3)cs2)CC1. The van der Waals surface area contributed by atoms with E-state index in [9.17, 15) is 4.79 Å². The minimum Gasteiger partial charge on any atom is -0.310 e. The van der Waals surface area contributed by atoms with Gasteiger partial charge in [-0.05, 0) is 45.4 Å². The predicted molar refractivity (Wildman–Crippen MR) is 128 cm³/mol. The molecule has 1 saturated carbocycles. The minimum absolute atomic E-state index is 0.0981. The van der Waals surface area contributed by atoms with Gasteiger partial charge in [0.1, 0.15) is 5.82 Å². The van der Waals surface area contributed by atoms with E-state index in [4.69, 9.17) is 4.98 Å². The van der Waals surface area contributed by atoms with Crippen molar-refractivity contribution >= 4 is 23.1 Å². The first kappa shape index (κ1) is 21.8. The lowest BCUT2D eigenvalue weighted by Gasteiger charge is -2.27. The van der Waals surface area contributed by atoms with Gasteiger partial charge >= 0.3 is 0 Å². The van der Waals surface area contributed by atoms with Crippen LogP contribution in [0.3, 0.4) is 0 Å². The van der Waals surface area contributed by atoms with Crippen LogP contribution in [0.2, 0.25) is 0 Å². The molecule has 1 amide bonds. The topological polar surface area (TPSA) is 59.8 Å². The van der Waals surface area contributed by atoms with E-state index in [-0.39, 0.29) is 11.8 Å². The van der Waals surface area contributed by atoms with Crippen molar-refractivity contribution in [1.82, 2.24) is 14.8 Å². The summed E-state index contributed by atoms with van der Waals surface area (Å²) in [4.78, 5) is 17.8. The zero-order chi connectivity index (χ0) is 21.8. The Morgan fingerprint density at radius 2 is 1.90 bits per heavy atom. The summed E-state index contributed by atoms with van der Waals surface area (Å²) >= 11 is 1.54. The van der Waals surface area contributed by atoms with E-state index in [1.54, 1.807) is 4.68 Å². The summed E-state index contributed by atoms with van der Waals surface area (Å²) in [5.74, 6) is 1.72. The van der Waals surface area contributed by atoms with Crippen LogP contribution >= 0.6 is 11.3 Å².